The number of thioether (sulfide) groups is 1. The zero-order valence-corrected chi connectivity index (χ0v) is 13.9. The number of anilines is 1. The van der Waals surface area contributed by atoms with Gasteiger partial charge in [-0.05, 0) is 30.4 Å². The Morgan fingerprint density at radius 1 is 1.24 bits per heavy atom. The molecule has 1 N–H and O–H groups in total. The molecule has 1 unspecified atom stereocenters. The van der Waals surface area contributed by atoms with E-state index in [1.54, 1.807) is 17.8 Å². The van der Waals surface area contributed by atoms with Crippen LogP contribution in [0.1, 0.15) is 22.3 Å². The summed E-state index contributed by atoms with van der Waals surface area (Å²) in [5, 5.41) is 2.28. The van der Waals surface area contributed by atoms with E-state index in [0.717, 1.165) is 24.0 Å². The van der Waals surface area contributed by atoms with E-state index < -0.39 is 17.6 Å². The molecular formula is C17H15F3N2O2S. The number of benzene rings is 1. The number of hydrogen-bond acceptors (Lipinski definition) is 4. The van der Waals surface area contributed by atoms with E-state index in [0.29, 0.717) is 5.88 Å². The van der Waals surface area contributed by atoms with Crippen LogP contribution in [-0.4, -0.2) is 28.5 Å². The smallest absolute Gasteiger partial charge is 0.418 e. The number of alkyl halides is 3. The van der Waals surface area contributed by atoms with Gasteiger partial charge in [0.2, 0.25) is 5.88 Å². The Kier molecular flexibility index (Phi) is 5.17. The first-order valence-corrected chi connectivity index (χ1v) is 8.77. The minimum Gasteiger partial charge on any atom is -0.473 e. The molecule has 132 valence electrons. The number of carbonyl (C=O) groups is 1. The quantitative estimate of drug-likeness (QED) is 0.877. The fraction of sp³-hybridized carbons (Fsp3) is 0.294. The molecule has 0 aliphatic carbocycles. The first-order chi connectivity index (χ1) is 11.9. The number of halogens is 3. The molecule has 1 aromatic heterocycles. The molecule has 1 aliphatic heterocycles. The van der Waals surface area contributed by atoms with Crippen LogP contribution < -0.4 is 10.1 Å². The monoisotopic (exact) mass is 368 g/mol. The highest BCUT2D eigenvalue weighted by atomic mass is 32.2. The Morgan fingerprint density at radius 3 is 2.68 bits per heavy atom. The minimum atomic E-state index is -4.54. The fourth-order valence-electron chi connectivity index (χ4n) is 2.39. The van der Waals surface area contributed by atoms with Crippen LogP contribution in [0.15, 0.2) is 42.6 Å². The van der Waals surface area contributed by atoms with E-state index in [1.807, 2.05) is 0 Å². The normalized spacial score (nSPS) is 17.3. The van der Waals surface area contributed by atoms with E-state index in [4.69, 9.17) is 4.74 Å². The average molecular weight is 368 g/mol. The predicted molar refractivity (Wildman–Crippen MR) is 90.0 cm³/mol. The molecule has 1 aliphatic rings. The molecule has 8 heteroatoms. The number of aromatic nitrogens is 1. The average Bonchev–Trinajstić information content (AvgIpc) is 3.08. The van der Waals surface area contributed by atoms with Gasteiger partial charge in [0.05, 0.1) is 16.8 Å². The summed E-state index contributed by atoms with van der Waals surface area (Å²) in [7, 11) is 0. The van der Waals surface area contributed by atoms with Crippen molar-refractivity contribution < 1.29 is 22.7 Å². The number of para-hydroxylation sites is 1. The first kappa shape index (κ1) is 17.6. The van der Waals surface area contributed by atoms with Gasteiger partial charge in [-0.2, -0.15) is 24.9 Å². The molecular weight excluding hydrogens is 353 g/mol. The summed E-state index contributed by atoms with van der Waals surface area (Å²) in [6.07, 6.45) is -2.19. The molecule has 1 aromatic carbocycles. The summed E-state index contributed by atoms with van der Waals surface area (Å²) in [6, 6.07) is 7.87. The SMILES string of the molecule is O=C(Nc1ccccc1C(F)(F)F)c1ccc(OC2CCSC2)nc1. The summed E-state index contributed by atoms with van der Waals surface area (Å²) in [5.74, 6) is 1.69. The summed E-state index contributed by atoms with van der Waals surface area (Å²) in [6.45, 7) is 0. The van der Waals surface area contributed by atoms with Crippen molar-refractivity contribution in [2.24, 2.45) is 0 Å². The van der Waals surface area contributed by atoms with Gasteiger partial charge in [0, 0.05) is 18.0 Å². The minimum absolute atomic E-state index is 0.107. The molecule has 1 fully saturated rings. The Labute approximate surface area is 146 Å². The van der Waals surface area contributed by atoms with Gasteiger partial charge >= 0.3 is 6.18 Å². The third-order valence-corrected chi connectivity index (χ3v) is 4.79. The van der Waals surface area contributed by atoms with Crippen LogP contribution >= 0.6 is 11.8 Å². The largest absolute Gasteiger partial charge is 0.473 e. The third-order valence-electron chi connectivity index (χ3n) is 3.65. The van der Waals surface area contributed by atoms with Gasteiger partial charge in [-0.3, -0.25) is 4.79 Å². The lowest BCUT2D eigenvalue weighted by molar-refractivity contribution is -0.136. The number of nitrogens with one attached hydrogen (secondary N) is 1. The zero-order chi connectivity index (χ0) is 17.9. The van der Waals surface area contributed by atoms with Crippen LogP contribution in [0.5, 0.6) is 5.88 Å². The maximum absolute atomic E-state index is 13.0. The maximum Gasteiger partial charge on any atom is 0.418 e. The fourth-order valence-corrected chi connectivity index (χ4v) is 3.49. The van der Waals surface area contributed by atoms with Crippen LogP contribution in [0, 0.1) is 0 Å². The van der Waals surface area contributed by atoms with E-state index in [2.05, 4.69) is 10.3 Å². The highest BCUT2D eigenvalue weighted by Crippen LogP contribution is 2.34. The number of amides is 1. The Morgan fingerprint density at radius 2 is 2.04 bits per heavy atom. The standard InChI is InChI=1S/C17H15F3N2O2S/c18-17(19,20)13-3-1-2-4-14(13)22-16(23)11-5-6-15(21-9-11)24-12-7-8-25-10-12/h1-6,9,12H,7-8,10H2,(H,22,23). The lowest BCUT2D eigenvalue weighted by atomic mass is 10.1. The number of pyridine rings is 1. The number of nitrogens with zero attached hydrogens (tertiary/aromatic N) is 1. The molecule has 2 aromatic rings. The second kappa shape index (κ2) is 7.35. The van der Waals surface area contributed by atoms with Gasteiger partial charge < -0.3 is 10.1 Å². The van der Waals surface area contributed by atoms with Gasteiger partial charge in [-0.25, -0.2) is 4.98 Å². The Hall–Kier alpha value is -2.22. The van der Waals surface area contributed by atoms with Crippen molar-refractivity contribution in [3.8, 4) is 5.88 Å². The second-order valence-electron chi connectivity index (χ2n) is 5.49. The van der Waals surface area contributed by atoms with Crippen LogP contribution in [0.4, 0.5) is 18.9 Å². The topological polar surface area (TPSA) is 51.2 Å². The van der Waals surface area contributed by atoms with Crippen molar-refractivity contribution >= 4 is 23.4 Å². The molecule has 0 spiro atoms. The molecule has 0 saturated carbocycles. The molecule has 3 rings (SSSR count). The Balaban J connectivity index is 1.69. The van der Waals surface area contributed by atoms with Crippen LogP contribution in [0.25, 0.3) is 0 Å². The number of carbonyl (C=O) groups excluding carboxylic acids is 1. The van der Waals surface area contributed by atoms with Gasteiger partial charge in [0.15, 0.2) is 0 Å². The maximum atomic E-state index is 13.0. The molecule has 1 saturated heterocycles. The molecule has 4 nitrogen and oxygen atoms in total. The molecule has 1 amide bonds. The van der Waals surface area contributed by atoms with E-state index >= 15 is 0 Å². The van der Waals surface area contributed by atoms with Crippen LogP contribution in [0.2, 0.25) is 0 Å². The lowest BCUT2D eigenvalue weighted by Crippen LogP contribution is -2.18. The lowest BCUT2D eigenvalue weighted by Gasteiger charge is -2.14. The highest BCUT2D eigenvalue weighted by Gasteiger charge is 2.33. The van der Waals surface area contributed by atoms with Gasteiger partial charge in [0.25, 0.3) is 5.91 Å². The number of rotatable bonds is 4. The van der Waals surface area contributed by atoms with E-state index in [9.17, 15) is 18.0 Å². The van der Waals surface area contributed by atoms with Gasteiger partial charge in [-0.15, -0.1) is 0 Å². The van der Waals surface area contributed by atoms with Crippen molar-refractivity contribution in [2.75, 3.05) is 16.8 Å². The number of ether oxygens (including phenoxy) is 1. The third kappa shape index (κ3) is 4.45. The first-order valence-electron chi connectivity index (χ1n) is 7.61. The van der Waals surface area contributed by atoms with Crippen LogP contribution in [0.3, 0.4) is 0 Å². The Bertz CT molecular complexity index is 744. The molecule has 1 atom stereocenters. The van der Waals surface area contributed by atoms with Crippen molar-refractivity contribution in [3.63, 3.8) is 0 Å². The summed E-state index contributed by atoms with van der Waals surface area (Å²) < 4.78 is 44.6. The molecule has 25 heavy (non-hydrogen) atoms. The molecule has 0 radical (unpaired) electrons. The number of hydrogen-bond donors (Lipinski definition) is 1. The van der Waals surface area contributed by atoms with E-state index in [-0.39, 0.29) is 17.4 Å². The van der Waals surface area contributed by atoms with Crippen molar-refractivity contribution in [1.29, 1.82) is 0 Å². The molecule has 0 bridgehead atoms. The van der Waals surface area contributed by atoms with Crippen molar-refractivity contribution in [2.45, 2.75) is 18.7 Å². The molecule has 2 heterocycles. The van der Waals surface area contributed by atoms with E-state index in [1.165, 1.54) is 30.5 Å². The zero-order valence-electron chi connectivity index (χ0n) is 13.0. The second-order valence-corrected chi connectivity index (χ2v) is 6.64. The van der Waals surface area contributed by atoms with Gasteiger partial charge in [0.1, 0.15) is 6.10 Å². The summed E-state index contributed by atoms with van der Waals surface area (Å²) >= 11 is 1.81. The predicted octanol–water partition coefficient (Wildman–Crippen LogP) is 4.24. The summed E-state index contributed by atoms with van der Waals surface area (Å²) in [5.41, 5.74) is -1.02. The van der Waals surface area contributed by atoms with Crippen LogP contribution in [-0.2, 0) is 6.18 Å². The summed E-state index contributed by atoms with van der Waals surface area (Å²) in [4.78, 5) is 16.2. The van der Waals surface area contributed by atoms with Crippen molar-refractivity contribution in [3.05, 3.63) is 53.7 Å². The van der Waals surface area contributed by atoms with Gasteiger partial charge in [-0.1, -0.05) is 12.1 Å². The highest BCUT2D eigenvalue weighted by molar-refractivity contribution is 7.99. The van der Waals surface area contributed by atoms with Crippen molar-refractivity contribution in [1.82, 2.24) is 4.98 Å².